The van der Waals surface area contributed by atoms with Gasteiger partial charge in [-0.1, -0.05) is 13.8 Å². The van der Waals surface area contributed by atoms with Gasteiger partial charge in [0.1, 0.15) is 4.83 Å². The number of hydrogen-bond acceptors (Lipinski definition) is 6. The molecule has 0 saturated carbocycles. The van der Waals surface area contributed by atoms with Gasteiger partial charge in [-0.2, -0.15) is 5.10 Å². The van der Waals surface area contributed by atoms with Crippen molar-refractivity contribution in [3.05, 3.63) is 39.7 Å². The lowest BCUT2D eigenvalue weighted by Crippen LogP contribution is -2.54. The number of halogens is 1. The second-order valence-corrected chi connectivity index (χ2v) is 10.4. The molecule has 1 fully saturated rings. The molecule has 0 aromatic carbocycles. The molecule has 1 aliphatic heterocycles. The van der Waals surface area contributed by atoms with Crippen LogP contribution in [0.1, 0.15) is 29.9 Å². The lowest BCUT2D eigenvalue weighted by Gasteiger charge is -2.45. The van der Waals surface area contributed by atoms with Gasteiger partial charge in [0.05, 0.1) is 51.6 Å². The first-order valence-electron chi connectivity index (χ1n) is 9.13. The van der Waals surface area contributed by atoms with E-state index in [0.29, 0.717) is 29.2 Å². The summed E-state index contributed by atoms with van der Waals surface area (Å²) in [5.41, 5.74) is 2.52. The summed E-state index contributed by atoms with van der Waals surface area (Å²) in [6.45, 7) is 8.34. The quantitative estimate of drug-likeness (QED) is 0.588. The van der Waals surface area contributed by atoms with Crippen molar-refractivity contribution < 1.29 is 9.59 Å². The van der Waals surface area contributed by atoms with E-state index >= 15 is 0 Å². The molecule has 3 aromatic heterocycles. The van der Waals surface area contributed by atoms with E-state index in [2.05, 4.69) is 55.4 Å². The summed E-state index contributed by atoms with van der Waals surface area (Å²) in [7, 11) is 0. The van der Waals surface area contributed by atoms with Gasteiger partial charge in [-0.05, 0) is 34.3 Å². The summed E-state index contributed by atoms with van der Waals surface area (Å²) in [5.74, 6) is -0.365. The van der Waals surface area contributed by atoms with Crippen LogP contribution in [0.5, 0.6) is 0 Å². The van der Waals surface area contributed by atoms with Gasteiger partial charge in [-0.25, -0.2) is 4.52 Å². The minimum Gasteiger partial charge on any atom is -0.324 e. The Kier molecular flexibility index (Phi) is 5.18. The molecule has 8 nitrogen and oxygen atoms in total. The van der Waals surface area contributed by atoms with Crippen molar-refractivity contribution in [2.45, 2.75) is 20.8 Å². The fourth-order valence-electron chi connectivity index (χ4n) is 3.51. The third-order valence-corrected chi connectivity index (χ3v) is 6.29. The number of pyridine rings is 1. The summed E-state index contributed by atoms with van der Waals surface area (Å²) >= 11 is 4.83. The van der Waals surface area contributed by atoms with Crippen LogP contribution < -0.4 is 10.6 Å². The highest BCUT2D eigenvalue weighted by atomic mass is 79.9. The van der Waals surface area contributed by atoms with Crippen molar-refractivity contribution in [1.82, 2.24) is 19.5 Å². The van der Waals surface area contributed by atoms with Gasteiger partial charge in [-0.15, -0.1) is 11.3 Å². The van der Waals surface area contributed by atoms with E-state index in [1.54, 1.807) is 29.9 Å². The maximum atomic E-state index is 12.7. The maximum absolute atomic E-state index is 12.7. The van der Waals surface area contributed by atoms with Crippen LogP contribution in [0.2, 0.25) is 0 Å². The van der Waals surface area contributed by atoms with Crippen LogP contribution in [0.25, 0.3) is 4.83 Å². The van der Waals surface area contributed by atoms with E-state index < -0.39 is 0 Å². The topological polar surface area (TPSA) is 91.6 Å². The van der Waals surface area contributed by atoms with Crippen LogP contribution in [0.3, 0.4) is 0 Å². The Morgan fingerprint density at radius 2 is 2.03 bits per heavy atom. The lowest BCUT2D eigenvalue weighted by atomic mass is 9.84. The van der Waals surface area contributed by atoms with Crippen molar-refractivity contribution in [2.24, 2.45) is 5.41 Å². The number of nitrogens with zero attached hydrogens (tertiary/aromatic N) is 4. The molecule has 152 valence electrons. The molecule has 0 aliphatic carbocycles. The third kappa shape index (κ3) is 4.34. The molecule has 2 amide bonds. The van der Waals surface area contributed by atoms with Gasteiger partial charge in [0.25, 0.3) is 5.91 Å². The number of anilines is 2. The Balaban J connectivity index is 1.44. The first kappa shape index (κ1) is 20.0. The number of thiazole rings is 1. The van der Waals surface area contributed by atoms with Gasteiger partial charge in [0.15, 0.2) is 0 Å². The average Bonchev–Trinajstić information content (AvgIpc) is 3.15. The van der Waals surface area contributed by atoms with Gasteiger partial charge in [-0.3, -0.25) is 19.5 Å². The Labute approximate surface area is 180 Å². The van der Waals surface area contributed by atoms with Crippen LogP contribution in [0.15, 0.2) is 28.4 Å². The van der Waals surface area contributed by atoms with Crippen molar-refractivity contribution in [3.63, 3.8) is 0 Å². The zero-order valence-corrected chi connectivity index (χ0v) is 18.7. The van der Waals surface area contributed by atoms with Crippen LogP contribution in [-0.4, -0.2) is 50.9 Å². The van der Waals surface area contributed by atoms with E-state index in [-0.39, 0.29) is 17.2 Å². The SMILES string of the molecule is Cc1ncc(NC(=O)CN2CC(C)(C)C2)cc1NC(=O)c1cnn2cc(Br)sc12. The smallest absolute Gasteiger partial charge is 0.260 e. The number of aromatic nitrogens is 3. The number of nitrogens with one attached hydrogen (secondary N) is 2. The first-order valence-corrected chi connectivity index (χ1v) is 10.7. The summed E-state index contributed by atoms with van der Waals surface area (Å²) in [5, 5.41) is 9.93. The summed E-state index contributed by atoms with van der Waals surface area (Å²) < 4.78 is 2.55. The molecule has 0 radical (unpaired) electrons. The molecule has 3 aromatic rings. The van der Waals surface area contributed by atoms with Gasteiger partial charge < -0.3 is 10.6 Å². The predicted molar refractivity (Wildman–Crippen MR) is 117 cm³/mol. The zero-order chi connectivity index (χ0) is 20.8. The summed E-state index contributed by atoms with van der Waals surface area (Å²) in [4.78, 5) is 32.2. The number of aryl methyl sites for hydroxylation is 1. The molecule has 0 bridgehead atoms. The highest BCUT2D eigenvalue weighted by molar-refractivity contribution is 9.11. The van der Waals surface area contributed by atoms with Crippen LogP contribution in [0, 0.1) is 12.3 Å². The number of likely N-dealkylation sites (tertiary alicyclic amines) is 1. The number of hydrogen-bond donors (Lipinski definition) is 2. The second kappa shape index (κ2) is 7.51. The monoisotopic (exact) mass is 476 g/mol. The van der Waals surface area contributed by atoms with Gasteiger partial charge >= 0.3 is 0 Å². The highest BCUT2D eigenvalue weighted by Gasteiger charge is 2.34. The first-order chi connectivity index (χ1) is 13.7. The number of rotatable bonds is 5. The van der Waals surface area contributed by atoms with Crippen LogP contribution in [-0.2, 0) is 4.79 Å². The molecule has 29 heavy (non-hydrogen) atoms. The van der Waals surface area contributed by atoms with E-state index in [4.69, 9.17) is 0 Å². The normalized spacial score (nSPS) is 15.9. The predicted octanol–water partition coefficient (Wildman–Crippen LogP) is 3.39. The fraction of sp³-hybridized carbons (Fsp3) is 0.368. The van der Waals surface area contributed by atoms with E-state index in [1.165, 1.54) is 17.5 Å². The van der Waals surface area contributed by atoms with E-state index in [9.17, 15) is 9.59 Å². The molecule has 1 saturated heterocycles. The molecular formula is C19H21BrN6O2S. The Hall–Kier alpha value is -2.30. The van der Waals surface area contributed by atoms with Crippen LogP contribution >= 0.6 is 27.3 Å². The Bertz CT molecular complexity index is 1100. The van der Waals surface area contributed by atoms with Gasteiger partial charge in [0.2, 0.25) is 5.91 Å². The minimum atomic E-state index is -0.273. The summed E-state index contributed by atoms with van der Waals surface area (Å²) in [6, 6.07) is 1.73. The largest absolute Gasteiger partial charge is 0.324 e. The standard InChI is InChI=1S/C19H21BrN6O2S/c1-11-14(24-17(28)13-6-22-26-7-15(20)29-18(13)26)4-12(5-21-11)23-16(27)8-25-9-19(2,3)10-25/h4-7H,8-10H2,1-3H3,(H,23,27)(H,24,28). The van der Waals surface area contributed by atoms with Crippen molar-refractivity contribution in [1.29, 1.82) is 0 Å². The average molecular weight is 477 g/mol. The van der Waals surface area contributed by atoms with E-state index in [1.807, 2.05) is 0 Å². The Morgan fingerprint density at radius 3 is 2.76 bits per heavy atom. The van der Waals surface area contributed by atoms with E-state index in [0.717, 1.165) is 21.7 Å². The molecule has 4 rings (SSSR count). The molecule has 0 spiro atoms. The third-order valence-electron chi connectivity index (χ3n) is 4.70. The lowest BCUT2D eigenvalue weighted by molar-refractivity contribution is -0.120. The number of carbonyl (C=O) groups is 2. The maximum Gasteiger partial charge on any atom is 0.260 e. The minimum absolute atomic E-state index is 0.0924. The molecule has 0 atom stereocenters. The second-order valence-electron chi connectivity index (χ2n) is 8.01. The highest BCUT2D eigenvalue weighted by Crippen LogP contribution is 2.29. The van der Waals surface area contributed by atoms with Crippen LogP contribution in [0.4, 0.5) is 11.4 Å². The fourth-order valence-corrected chi connectivity index (χ4v) is 4.95. The number of amides is 2. The van der Waals surface area contributed by atoms with Crippen molar-refractivity contribution in [3.8, 4) is 0 Å². The molecule has 1 aliphatic rings. The molecule has 10 heteroatoms. The summed E-state index contributed by atoms with van der Waals surface area (Å²) in [6.07, 6.45) is 4.94. The van der Waals surface area contributed by atoms with Crippen molar-refractivity contribution in [2.75, 3.05) is 30.3 Å². The van der Waals surface area contributed by atoms with Crippen molar-refractivity contribution >= 4 is 55.3 Å². The molecule has 4 heterocycles. The molecule has 0 unspecified atom stereocenters. The number of carbonyl (C=O) groups excluding carboxylic acids is 2. The Morgan fingerprint density at radius 1 is 1.28 bits per heavy atom. The molecular weight excluding hydrogens is 456 g/mol. The number of fused-ring (bicyclic) bond motifs is 1. The van der Waals surface area contributed by atoms with Gasteiger partial charge in [0, 0.05) is 13.1 Å². The zero-order valence-electron chi connectivity index (χ0n) is 16.3. The molecule has 2 N–H and O–H groups in total.